The number of likely N-dealkylation sites (N-methyl/N-ethyl adjacent to an activating group) is 1. The Morgan fingerprint density at radius 3 is 2.81 bits per heavy atom. The molecule has 0 aromatic carbocycles. The average Bonchev–Trinajstić information content (AvgIpc) is 2.29. The van der Waals surface area contributed by atoms with Crippen LogP contribution in [0.15, 0.2) is 6.33 Å². The van der Waals surface area contributed by atoms with Crippen LogP contribution < -0.4 is 9.64 Å². The topological polar surface area (TPSA) is 47.5 Å². The van der Waals surface area contributed by atoms with E-state index < -0.39 is 0 Å². The van der Waals surface area contributed by atoms with E-state index in [1.54, 1.807) is 7.11 Å². The summed E-state index contributed by atoms with van der Waals surface area (Å²) in [5.41, 5.74) is 0. The normalized spacial score (nSPS) is 10.2. The molecule has 1 aromatic rings. The summed E-state index contributed by atoms with van der Waals surface area (Å²) in [4.78, 5) is 9.92. The molecule has 1 aromatic heterocycles. The van der Waals surface area contributed by atoms with Gasteiger partial charge < -0.3 is 14.4 Å². The van der Waals surface area contributed by atoms with E-state index in [0.29, 0.717) is 29.9 Å². The first-order valence-electron chi connectivity index (χ1n) is 5.04. The number of anilines is 1. The zero-order valence-electron chi connectivity index (χ0n) is 9.73. The summed E-state index contributed by atoms with van der Waals surface area (Å²) in [7, 11) is 3.45. The fourth-order valence-electron chi connectivity index (χ4n) is 1.24. The molecule has 0 saturated heterocycles. The van der Waals surface area contributed by atoms with E-state index in [2.05, 4.69) is 9.97 Å². The molecule has 0 saturated carbocycles. The van der Waals surface area contributed by atoms with Gasteiger partial charge in [0, 0.05) is 20.2 Å². The zero-order chi connectivity index (χ0) is 12.0. The third-order valence-electron chi connectivity index (χ3n) is 2.08. The first-order valence-corrected chi connectivity index (χ1v) is 5.41. The summed E-state index contributed by atoms with van der Waals surface area (Å²) in [6.07, 6.45) is 1.41. The van der Waals surface area contributed by atoms with Crippen molar-refractivity contribution in [1.29, 1.82) is 0 Å². The molecule has 6 heteroatoms. The van der Waals surface area contributed by atoms with Crippen LogP contribution in [0.5, 0.6) is 5.75 Å². The van der Waals surface area contributed by atoms with Crippen molar-refractivity contribution in [2.75, 3.05) is 38.8 Å². The number of aromatic nitrogens is 2. The highest BCUT2D eigenvalue weighted by Gasteiger charge is 2.13. The lowest BCUT2D eigenvalue weighted by Gasteiger charge is -2.20. The number of nitrogens with zero attached hydrogens (tertiary/aromatic N) is 3. The van der Waals surface area contributed by atoms with E-state index in [4.69, 9.17) is 21.1 Å². The number of halogens is 1. The van der Waals surface area contributed by atoms with Gasteiger partial charge in [-0.3, -0.25) is 0 Å². The van der Waals surface area contributed by atoms with Gasteiger partial charge in [0.05, 0.1) is 13.7 Å². The number of methoxy groups -OCH3 is 1. The van der Waals surface area contributed by atoms with Crippen molar-refractivity contribution in [2.45, 2.75) is 6.92 Å². The van der Waals surface area contributed by atoms with Gasteiger partial charge in [-0.25, -0.2) is 9.97 Å². The van der Waals surface area contributed by atoms with E-state index in [1.165, 1.54) is 6.33 Å². The average molecular weight is 246 g/mol. The molecule has 0 unspecified atom stereocenters. The second kappa shape index (κ2) is 6.50. The van der Waals surface area contributed by atoms with Crippen LogP contribution in [0.1, 0.15) is 6.92 Å². The van der Waals surface area contributed by atoms with Crippen LogP contribution in [0.2, 0.25) is 5.15 Å². The highest BCUT2D eigenvalue weighted by atomic mass is 35.5. The van der Waals surface area contributed by atoms with Crippen molar-refractivity contribution in [3.05, 3.63) is 11.5 Å². The molecule has 0 aliphatic carbocycles. The fraction of sp³-hybridized carbons (Fsp3) is 0.600. The molecule has 0 bridgehead atoms. The number of ether oxygens (including phenoxy) is 2. The van der Waals surface area contributed by atoms with Crippen LogP contribution in [0.3, 0.4) is 0 Å². The summed E-state index contributed by atoms with van der Waals surface area (Å²) in [5, 5.41) is 0.316. The maximum atomic E-state index is 5.90. The number of hydrogen-bond donors (Lipinski definition) is 0. The minimum atomic E-state index is 0.316. The molecular formula is C10H16ClN3O2. The van der Waals surface area contributed by atoms with Gasteiger partial charge in [0.2, 0.25) is 0 Å². The second-order valence-corrected chi connectivity index (χ2v) is 3.50. The monoisotopic (exact) mass is 245 g/mol. The Morgan fingerprint density at radius 2 is 2.19 bits per heavy atom. The lowest BCUT2D eigenvalue weighted by atomic mass is 10.4. The van der Waals surface area contributed by atoms with E-state index in [0.717, 1.165) is 6.54 Å². The number of rotatable bonds is 6. The van der Waals surface area contributed by atoms with Gasteiger partial charge in [0.15, 0.2) is 16.7 Å². The van der Waals surface area contributed by atoms with E-state index in [-0.39, 0.29) is 0 Å². The van der Waals surface area contributed by atoms with E-state index >= 15 is 0 Å². The minimum Gasteiger partial charge on any atom is -0.490 e. The van der Waals surface area contributed by atoms with E-state index in [9.17, 15) is 0 Å². The standard InChI is InChI=1S/C10H16ClN3O2/c1-4-16-6-5-14(2)10-8(15-3)9(11)12-7-13-10/h7H,4-6H2,1-3H3. The van der Waals surface area contributed by atoms with Crippen LogP contribution in [0.25, 0.3) is 0 Å². The second-order valence-electron chi connectivity index (χ2n) is 3.14. The van der Waals surface area contributed by atoms with Gasteiger partial charge in [0.25, 0.3) is 0 Å². The number of hydrogen-bond acceptors (Lipinski definition) is 5. The zero-order valence-corrected chi connectivity index (χ0v) is 10.5. The van der Waals surface area contributed by atoms with Gasteiger partial charge in [-0.05, 0) is 6.92 Å². The highest BCUT2D eigenvalue weighted by Crippen LogP contribution is 2.30. The minimum absolute atomic E-state index is 0.316. The van der Waals surface area contributed by atoms with Gasteiger partial charge in [-0.1, -0.05) is 11.6 Å². The van der Waals surface area contributed by atoms with Gasteiger partial charge in [-0.2, -0.15) is 0 Å². The summed E-state index contributed by atoms with van der Waals surface area (Å²) in [6, 6.07) is 0. The van der Waals surface area contributed by atoms with Crippen molar-refractivity contribution in [3.8, 4) is 5.75 Å². The van der Waals surface area contributed by atoms with Crippen molar-refractivity contribution in [1.82, 2.24) is 9.97 Å². The maximum Gasteiger partial charge on any atom is 0.199 e. The summed E-state index contributed by atoms with van der Waals surface area (Å²) in [5.74, 6) is 1.16. The molecule has 1 heterocycles. The summed E-state index contributed by atoms with van der Waals surface area (Å²) < 4.78 is 10.4. The van der Waals surface area contributed by atoms with E-state index in [1.807, 2.05) is 18.9 Å². The third-order valence-corrected chi connectivity index (χ3v) is 2.35. The molecule has 5 nitrogen and oxygen atoms in total. The maximum absolute atomic E-state index is 5.90. The molecule has 90 valence electrons. The molecule has 16 heavy (non-hydrogen) atoms. The third kappa shape index (κ3) is 3.21. The molecule has 0 aliphatic heterocycles. The van der Waals surface area contributed by atoms with Crippen molar-refractivity contribution in [3.63, 3.8) is 0 Å². The quantitative estimate of drug-likeness (QED) is 0.563. The Kier molecular flexibility index (Phi) is 5.28. The molecular weight excluding hydrogens is 230 g/mol. The molecule has 0 radical (unpaired) electrons. The van der Waals surface area contributed by atoms with Crippen molar-refractivity contribution < 1.29 is 9.47 Å². The first-order chi connectivity index (χ1) is 7.70. The van der Waals surface area contributed by atoms with Gasteiger partial charge >= 0.3 is 0 Å². The largest absolute Gasteiger partial charge is 0.490 e. The molecule has 0 spiro atoms. The molecule has 1 rings (SSSR count). The molecule has 0 N–H and O–H groups in total. The smallest absolute Gasteiger partial charge is 0.199 e. The predicted molar refractivity (Wildman–Crippen MR) is 63.4 cm³/mol. The molecule has 0 amide bonds. The fourth-order valence-corrected chi connectivity index (χ4v) is 1.45. The summed E-state index contributed by atoms with van der Waals surface area (Å²) in [6.45, 7) is 4.02. The van der Waals surface area contributed by atoms with Crippen LogP contribution >= 0.6 is 11.6 Å². The van der Waals surface area contributed by atoms with Crippen LogP contribution in [0.4, 0.5) is 5.82 Å². The molecule has 0 fully saturated rings. The van der Waals surface area contributed by atoms with Crippen LogP contribution in [-0.4, -0.2) is 43.9 Å². The highest BCUT2D eigenvalue weighted by molar-refractivity contribution is 6.31. The Morgan fingerprint density at radius 1 is 1.44 bits per heavy atom. The van der Waals surface area contributed by atoms with Gasteiger partial charge in [0.1, 0.15) is 6.33 Å². The van der Waals surface area contributed by atoms with Crippen LogP contribution in [0, 0.1) is 0 Å². The Bertz CT molecular complexity index is 336. The lowest BCUT2D eigenvalue weighted by molar-refractivity contribution is 0.154. The lowest BCUT2D eigenvalue weighted by Crippen LogP contribution is -2.24. The molecule has 0 aliphatic rings. The Balaban J connectivity index is 2.74. The molecule has 0 atom stereocenters. The first kappa shape index (κ1) is 13.0. The SMILES string of the molecule is CCOCCN(C)c1ncnc(Cl)c1OC. The van der Waals surface area contributed by atoms with Crippen molar-refractivity contribution in [2.24, 2.45) is 0 Å². The Labute approximate surface area is 100 Å². The summed E-state index contributed by atoms with van der Waals surface area (Å²) >= 11 is 5.90. The van der Waals surface area contributed by atoms with Gasteiger partial charge in [-0.15, -0.1) is 0 Å². The van der Waals surface area contributed by atoms with Crippen LogP contribution in [-0.2, 0) is 4.74 Å². The van der Waals surface area contributed by atoms with Crippen molar-refractivity contribution >= 4 is 17.4 Å². The Hall–Kier alpha value is -1.07. The predicted octanol–water partition coefficient (Wildman–Crippen LogP) is 1.61.